The third-order valence-corrected chi connectivity index (χ3v) is 15.4. The first-order chi connectivity index (χ1) is 35.9. The number of hydrogen-bond donors (Lipinski definition) is 1. The van der Waals surface area contributed by atoms with Crippen LogP contribution in [0.1, 0.15) is 61.9 Å². The van der Waals surface area contributed by atoms with E-state index in [1.54, 1.807) is 25.3 Å². The largest absolute Gasteiger partial charge is 0.449 e. The first kappa shape index (κ1) is 50.8. The lowest BCUT2D eigenvalue weighted by Gasteiger charge is -2.23. The standard InChI is InChI=1S/C32H35N5O7S.C22H23N5O2/c1-4-24-18-35(31(39)44-21-23-9-7-6-8-10-23)19-26(24)28(38)20-36(32(40)43-5-2)29-17-33-30-27(34-29)15-16-37(30)45(41,42)25-13-11-22(3)12-14-25;1-2-16-12-26(22(28)29-14-15-6-4-3-5-7-15)13-17(16)19-10-24-20-11-25-21-18(27(19)20)8-9-23-21/h6-17,24,26H,4-5,18-21H2,1-3H3;3-11,16-17,23H,2,12-14H2,1H3/t24-,26+;16-,17+/m11/s1. The molecule has 0 aliphatic carbocycles. The Morgan fingerprint density at radius 1 is 0.716 bits per heavy atom. The van der Waals surface area contributed by atoms with Crippen molar-refractivity contribution >= 4 is 67.9 Å². The summed E-state index contributed by atoms with van der Waals surface area (Å²) in [4.78, 5) is 77.7. The normalized spacial score (nSPS) is 17.6. The van der Waals surface area contributed by atoms with Gasteiger partial charge in [-0.3, -0.25) is 14.1 Å². The van der Waals surface area contributed by atoms with E-state index in [1.165, 1.54) is 35.5 Å². The number of ether oxygens (including phenoxy) is 3. The van der Waals surface area contributed by atoms with Crippen LogP contribution in [0.4, 0.5) is 20.2 Å². The lowest BCUT2D eigenvalue weighted by Crippen LogP contribution is -2.41. The summed E-state index contributed by atoms with van der Waals surface area (Å²) in [5.41, 5.74) is 6.85. The first-order valence-electron chi connectivity index (χ1n) is 24.7. The Hall–Kier alpha value is -8.13. The minimum absolute atomic E-state index is 0.0324. The molecule has 0 bridgehead atoms. The number of fused-ring (bicyclic) bond motifs is 4. The number of benzene rings is 3. The van der Waals surface area contributed by atoms with Crippen molar-refractivity contribution in [3.05, 3.63) is 150 Å². The van der Waals surface area contributed by atoms with E-state index in [2.05, 4.69) is 36.2 Å². The Morgan fingerprint density at radius 3 is 2.01 bits per heavy atom. The maximum Gasteiger partial charge on any atom is 0.415 e. The molecule has 3 amide bonds. The molecule has 19 nitrogen and oxygen atoms in total. The quantitative estimate of drug-likeness (QED) is 0.101. The van der Waals surface area contributed by atoms with Crippen molar-refractivity contribution in [2.24, 2.45) is 17.8 Å². The van der Waals surface area contributed by atoms with E-state index >= 15 is 0 Å². The number of Topliss-reactive ketones (excluding diaryl/α,β-unsaturated/α-hetero) is 1. The second-order valence-corrected chi connectivity index (χ2v) is 20.2. The van der Waals surface area contributed by atoms with Crippen LogP contribution in [0.5, 0.6) is 0 Å². The molecule has 0 unspecified atom stereocenters. The Balaban J connectivity index is 0.000000199. The summed E-state index contributed by atoms with van der Waals surface area (Å²) in [7, 11) is -3.96. The molecule has 10 rings (SSSR count). The van der Waals surface area contributed by atoms with Crippen LogP contribution >= 0.6 is 0 Å². The van der Waals surface area contributed by atoms with Gasteiger partial charge in [-0.1, -0.05) is 105 Å². The molecule has 0 saturated carbocycles. The fourth-order valence-corrected chi connectivity index (χ4v) is 11.0. The van der Waals surface area contributed by atoms with Crippen molar-refractivity contribution in [3.8, 4) is 0 Å². The van der Waals surface area contributed by atoms with Crippen LogP contribution in [-0.2, 0) is 42.2 Å². The zero-order valence-corrected chi connectivity index (χ0v) is 42.4. The molecular formula is C54H58N10O9S. The third-order valence-electron chi connectivity index (χ3n) is 13.7. The number of H-pyrrole nitrogens is 1. The number of likely N-dealkylation sites (tertiary alicyclic amines) is 2. The molecule has 384 valence electrons. The number of anilines is 1. The average molecular weight is 1020 g/mol. The van der Waals surface area contributed by atoms with Crippen molar-refractivity contribution in [3.63, 3.8) is 0 Å². The van der Waals surface area contributed by atoms with Gasteiger partial charge in [0.15, 0.2) is 28.5 Å². The molecule has 2 fully saturated rings. The van der Waals surface area contributed by atoms with Crippen molar-refractivity contribution in [1.82, 2.24) is 43.1 Å². The summed E-state index contributed by atoms with van der Waals surface area (Å²) in [5, 5.41) is 0. The van der Waals surface area contributed by atoms with Gasteiger partial charge in [-0.05, 0) is 61.1 Å². The Kier molecular flexibility index (Phi) is 15.3. The fourth-order valence-electron chi connectivity index (χ4n) is 9.68. The van der Waals surface area contributed by atoms with Crippen LogP contribution in [0.25, 0.3) is 28.0 Å². The van der Waals surface area contributed by atoms with Crippen molar-refractivity contribution in [1.29, 1.82) is 0 Å². The molecule has 20 heteroatoms. The molecular weight excluding hydrogens is 965 g/mol. The van der Waals surface area contributed by atoms with Gasteiger partial charge in [0.05, 0.1) is 36.0 Å². The van der Waals surface area contributed by atoms with Crippen LogP contribution < -0.4 is 4.90 Å². The first-order valence-corrected chi connectivity index (χ1v) is 26.1. The van der Waals surface area contributed by atoms with Crippen molar-refractivity contribution in [2.45, 2.75) is 64.6 Å². The molecule has 74 heavy (non-hydrogen) atoms. The highest BCUT2D eigenvalue weighted by molar-refractivity contribution is 7.90. The van der Waals surface area contributed by atoms with E-state index < -0.39 is 28.1 Å². The highest BCUT2D eigenvalue weighted by atomic mass is 32.2. The Bertz CT molecular complexity index is 3380. The van der Waals surface area contributed by atoms with Crippen molar-refractivity contribution in [2.75, 3.05) is 44.2 Å². The minimum Gasteiger partial charge on any atom is -0.449 e. The summed E-state index contributed by atoms with van der Waals surface area (Å²) in [6.07, 6.45) is 8.27. The number of aromatic amines is 1. The molecule has 2 aliphatic heterocycles. The number of carbonyl (C=O) groups excluding carboxylic acids is 4. The van der Waals surface area contributed by atoms with Crippen molar-refractivity contribution < 1.29 is 41.8 Å². The predicted octanol–water partition coefficient (Wildman–Crippen LogP) is 8.78. The van der Waals surface area contributed by atoms with E-state index in [1.807, 2.05) is 97.9 Å². The molecule has 2 aliphatic rings. The van der Waals surface area contributed by atoms with Gasteiger partial charge in [-0.15, -0.1) is 0 Å². The zero-order valence-electron chi connectivity index (χ0n) is 41.6. The highest BCUT2D eigenvalue weighted by Crippen LogP contribution is 2.36. The van der Waals surface area contributed by atoms with Gasteiger partial charge >= 0.3 is 18.3 Å². The van der Waals surface area contributed by atoms with Gasteiger partial charge in [-0.25, -0.2) is 46.7 Å². The summed E-state index contributed by atoms with van der Waals surface area (Å²) < 4.78 is 46.1. The number of aromatic nitrogens is 7. The lowest BCUT2D eigenvalue weighted by molar-refractivity contribution is -0.122. The number of amides is 3. The van der Waals surface area contributed by atoms with Gasteiger partial charge < -0.3 is 29.0 Å². The molecule has 8 aromatic rings. The molecule has 7 heterocycles. The van der Waals surface area contributed by atoms with E-state index in [4.69, 9.17) is 14.2 Å². The predicted molar refractivity (Wildman–Crippen MR) is 276 cm³/mol. The van der Waals surface area contributed by atoms with Crippen LogP contribution in [0.3, 0.4) is 0 Å². The van der Waals surface area contributed by atoms with E-state index in [-0.39, 0.29) is 71.9 Å². The molecule has 5 aromatic heterocycles. The zero-order chi connectivity index (χ0) is 51.9. The molecule has 3 aromatic carbocycles. The second-order valence-electron chi connectivity index (χ2n) is 18.4. The SMILES string of the molecule is CCOC(=O)N(CC(=O)[C@H]1CN(C(=O)OCc2ccccc2)C[C@H]1CC)c1cnc2c(ccn2S(=O)(=O)c2ccc(C)cc2)n1.CC[C@@H]1CN(C(=O)OCc2ccccc2)C[C@@H]1c1cnc2cnc3[nH]ccc3n12. The third kappa shape index (κ3) is 10.8. The number of rotatable bonds is 14. The number of aryl methyl sites for hydroxylation is 1. The second kappa shape index (κ2) is 22.3. The highest BCUT2D eigenvalue weighted by Gasteiger charge is 2.41. The van der Waals surface area contributed by atoms with E-state index in [9.17, 15) is 27.6 Å². The molecule has 2 saturated heterocycles. The number of nitrogens with zero attached hydrogens (tertiary/aromatic N) is 9. The number of hydrogen-bond acceptors (Lipinski definition) is 13. The van der Waals surface area contributed by atoms with Gasteiger partial charge in [0.2, 0.25) is 0 Å². The van der Waals surface area contributed by atoms with Gasteiger partial charge in [-0.2, -0.15) is 0 Å². The van der Waals surface area contributed by atoms with Crippen LogP contribution in [-0.4, -0.2) is 115 Å². The smallest absolute Gasteiger partial charge is 0.415 e. The number of imidazole rings is 1. The van der Waals surface area contributed by atoms with E-state index in [0.717, 1.165) is 54.5 Å². The Morgan fingerprint density at radius 2 is 1.36 bits per heavy atom. The summed E-state index contributed by atoms with van der Waals surface area (Å²) >= 11 is 0. The minimum atomic E-state index is -3.96. The number of carbonyl (C=O) groups is 4. The summed E-state index contributed by atoms with van der Waals surface area (Å²) in [6, 6.07) is 29.0. The molecule has 0 radical (unpaired) electrons. The topological polar surface area (TPSA) is 217 Å². The Labute approximate surface area is 428 Å². The molecule has 0 spiro atoms. The van der Waals surface area contributed by atoms with Gasteiger partial charge in [0, 0.05) is 62.3 Å². The summed E-state index contributed by atoms with van der Waals surface area (Å²) in [6.45, 7) is 9.59. The molecule has 1 N–H and O–H groups in total. The van der Waals surface area contributed by atoms with Crippen LogP contribution in [0.2, 0.25) is 0 Å². The average Bonchev–Trinajstić information content (AvgIpc) is 4.29. The van der Waals surface area contributed by atoms with E-state index in [0.29, 0.717) is 38.6 Å². The number of nitrogens with one attached hydrogen (secondary N) is 1. The lowest BCUT2D eigenvalue weighted by atomic mass is 9.90. The van der Waals surface area contributed by atoms with Gasteiger partial charge in [0.1, 0.15) is 18.7 Å². The van der Waals surface area contributed by atoms with Crippen LogP contribution in [0, 0.1) is 24.7 Å². The molecule has 4 atom stereocenters. The monoisotopic (exact) mass is 1020 g/mol. The van der Waals surface area contributed by atoms with Gasteiger partial charge in [0.25, 0.3) is 10.0 Å². The number of ketones is 1. The maximum atomic E-state index is 13.7. The maximum absolute atomic E-state index is 13.7. The van der Waals surface area contributed by atoms with Crippen LogP contribution in [0.15, 0.2) is 133 Å². The fraction of sp³-hybridized carbons (Fsp3) is 0.333. The summed E-state index contributed by atoms with van der Waals surface area (Å²) in [5.74, 6) is -0.324.